The quantitative estimate of drug-likeness (QED) is 0.0403. The highest BCUT2D eigenvalue weighted by Gasteiger charge is 2.21. The smallest absolute Gasteiger partial charge is 0.323 e. The zero-order chi connectivity index (χ0) is 39.2. The number of rotatable bonds is 19. The highest BCUT2D eigenvalue weighted by atomic mass is 32.2. The lowest BCUT2D eigenvalue weighted by molar-refractivity contribution is 0.0247. The van der Waals surface area contributed by atoms with Crippen LogP contribution in [-0.2, 0) is 14.9 Å². The predicted molar refractivity (Wildman–Crippen MR) is 220 cm³/mol. The van der Waals surface area contributed by atoms with Crippen molar-refractivity contribution in [3.05, 3.63) is 90.6 Å². The van der Waals surface area contributed by atoms with Crippen molar-refractivity contribution in [1.29, 1.82) is 0 Å². The summed E-state index contributed by atoms with van der Waals surface area (Å²) in [6.45, 7) is 8.15. The summed E-state index contributed by atoms with van der Waals surface area (Å²) in [7, 11) is 3.17. The number of hydrogen-bond acceptors (Lipinski definition) is 12. The topological polar surface area (TPSA) is 154 Å². The molecule has 13 nitrogen and oxygen atoms in total. The van der Waals surface area contributed by atoms with Crippen molar-refractivity contribution in [3.8, 4) is 28.7 Å². The molecule has 0 saturated heterocycles. The number of carbonyl (C=O) groups is 1. The first kappa shape index (κ1) is 40.8. The van der Waals surface area contributed by atoms with Gasteiger partial charge in [0, 0.05) is 53.2 Å². The Bertz CT molecular complexity index is 2040. The van der Waals surface area contributed by atoms with Gasteiger partial charge in [0.25, 0.3) is 0 Å². The first-order valence-corrected chi connectivity index (χ1v) is 18.9. The third-order valence-corrected chi connectivity index (χ3v) is 8.63. The molecule has 0 aliphatic rings. The van der Waals surface area contributed by atoms with Gasteiger partial charge in [-0.1, -0.05) is 57.0 Å². The van der Waals surface area contributed by atoms with Crippen molar-refractivity contribution < 1.29 is 38.3 Å². The molecule has 0 aliphatic carbocycles. The molecule has 292 valence electrons. The van der Waals surface area contributed by atoms with Crippen molar-refractivity contribution in [3.63, 3.8) is 0 Å². The molecule has 0 spiro atoms. The van der Waals surface area contributed by atoms with Crippen molar-refractivity contribution in [2.45, 2.75) is 26.2 Å². The molecule has 0 bridgehead atoms. The predicted octanol–water partition coefficient (Wildman–Crippen LogP) is 8.82. The zero-order valence-corrected chi connectivity index (χ0v) is 32.8. The summed E-state index contributed by atoms with van der Waals surface area (Å²) >= 11 is 1.45. The van der Waals surface area contributed by atoms with E-state index in [0.29, 0.717) is 78.1 Å². The normalized spacial score (nSPS) is 11.2. The van der Waals surface area contributed by atoms with Crippen LogP contribution in [0.2, 0.25) is 0 Å². The average molecular weight is 772 g/mol. The van der Waals surface area contributed by atoms with E-state index in [-0.39, 0.29) is 18.6 Å². The summed E-state index contributed by atoms with van der Waals surface area (Å²) in [5.41, 5.74) is 3.53. The molecule has 55 heavy (non-hydrogen) atoms. The van der Waals surface area contributed by atoms with E-state index in [4.69, 9.17) is 33.5 Å². The van der Waals surface area contributed by atoms with Crippen LogP contribution in [0.1, 0.15) is 26.3 Å². The van der Waals surface area contributed by atoms with Gasteiger partial charge >= 0.3 is 6.03 Å². The van der Waals surface area contributed by atoms with Gasteiger partial charge in [-0.15, -0.1) is 0 Å². The molecule has 4 aromatic carbocycles. The van der Waals surface area contributed by atoms with E-state index < -0.39 is 6.03 Å². The second-order valence-corrected chi connectivity index (χ2v) is 13.8. The Kier molecular flexibility index (Phi) is 14.7. The number of anilines is 5. The van der Waals surface area contributed by atoms with Gasteiger partial charge in [0.15, 0.2) is 5.75 Å². The number of nitrogens with zero attached hydrogens (tertiary/aromatic N) is 1. The number of fused-ring (bicyclic) bond motifs is 1. The Balaban J connectivity index is 1.28. The number of aliphatic hydroxyl groups is 1. The Morgan fingerprint density at radius 1 is 0.764 bits per heavy atom. The minimum atomic E-state index is -0.414. The van der Waals surface area contributed by atoms with E-state index >= 15 is 0 Å². The van der Waals surface area contributed by atoms with E-state index in [1.54, 1.807) is 38.6 Å². The summed E-state index contributed by atoms with van der Waals surface area (Å²) in [4.78, 5) is 18.0. The maximum absolute atomic E-state index is 13.5. The molecule has 5 aromatic rings. The molecule has 1 aromatic heterocycles. The van der Waals surface area contributed by atoms with E-state index in [0.717, 1.165) is 22.0 Å². The minimum Gasteiger partial charge on any atom is -0.497 e. The maximum atomic E-state index is 13.5. The summed E-state index contributed by atoms with van der Waals surface area (Å²) in [5.74, 6) is 3.44. The Morgan fingerprint density at radius 2 is 1.47 bits per heavy atom. The van der Waals surface area contributed by atoms with Crippen LogP contribution in [0.15, 0.2) is 85.1 Å². The van der Waals surface area contributed by atoms with Crippen molar-refractivity contribution in [1.82, 2.24) is 4.98 Å². The van der Waals surface area contributed by atoms with Gasteiger partial charge in [-0.05, 0) is 41.3 Å². The number of methoxy groups -OCH3 is 2. The highest BCUT2D eigenvalue weighted by Crippen LogP contribution is 2.40. The first-order valence-electron chi connectivity index (χ1n) is 17.7. The third-order valence-electron chi connectivity index (χ3n) is 8.20. The molecule has 0 saturated carbocycles. The number of carbonyl (C=O) groups excluding carboxylic acids is 1. The largest absolute Gasteiger partial charge is 0.497 e. The van der Waals surface area contributed by atoms with Crippen molar-refractivity contribution in [2.24, 2.45) is 0 Å². The summed E-state index contributed by atoms with van der Waals surface area (Å²) in [6.07, 6.45) is 3.59. The third kappa shape index (κ3) is 11.5. The highest BCUT2D eigenvalue weighted by molar-refractivity contribution is 7.99. The number of amides is 2. The van der Waals surface area contributed by atoms with E-state index in [1.165, 1.54) is 11.9 Å². The number of aromatic nitrogens is 1. The number of urea groups is 1. The lowest BCUT2D eigenvalue weighted by atomic mass is 9.86. The number of hydrogen-bond donors (Lipinski definition) is 5. The molecule has 5 N–H and O–H groups in total. The first-order chi connectivity index (χ1) is 26.6. The Labute approximate surface area is 326 Å². The van der Waals surface area contributed by atoms with Crippen molar-refractivity contribution in [2.75, 3.05) is 80.8 Å². The van der Waals surface area contributed by atoms with Crippen LogP contribution in [0.25, 0.3) is 10.8 Å². The molecular weight excluding hydrogens is 723 g/mol. The number of nitrogens with one attached hydrogen (secondary N) is 4. The van der Waals surface area contributed by atoms with Gasteiger partial charge in [0.2, 0.25) is 0 Å². The lowest BCUT2D eigenvalue weighted by Gasteiger charge is -2.24. The van der Waals surface area contributed by atoms with Gasteiger partial charge in [0.05, 0.1) is 64.3 Å². The molecule has 0 atom stereocenters. The number of pyridine rings is 1. The number of aliphatic hydroxyl groups excluding tert-OH is 1. The fourth-order valence-electron chi connectivity index (χ4n) is 5.57. The van der Waals surface area contributed by atoms with E-state index in [9.17, 15) is 4.79 Å². The van der Waals surface area contributed by atoms with Crippen LogP contribution in [-0.4, -0.2) is 76.2 Å². The average Bonchev–Trinajstić information content (AvgIpc) is 3.16. The van der Waals surface area contributed by atoms with Crippen molar-refractivity contribution >= 4 is 57.3 Å². The monoisotopic (exact) mass is 771 g/mol. The maximum Gasteiger partial charge on any atom is 0.323 e. The Morgan fingerprint density at radius 3 is 2.20 bits per heavy atom. The molecular formula is C41H49N5O8S. The molecule has 5 rings (SSSR count). The summed E-state index contributed by atoms with van der Waals surface area (Å²) < 4.78 is 37.5. The van der Waals surface area contributed by atoms with E-state index in [2.05, 4.69) is 46.4 Å². The molecule has 2 amide bonds. The van der Waals surface area contributed by atoms with Crippen LogP contribution in [0, 0.1) is 0 Å². The molecule has 1 heterocycles. The van der Waals surface area contributed by atoms with Crippen LogP contribution in [0.4, 0.5) is 33.4 Å². The zero-order valence-electron chi connectivity index (χ0n) is 32.0. The van der Waals surface area contributed by atoms with Crippen LogP contribution < -0.4 is 39.6 Å². The SMILES string of the molecule is COc1cc(Nc2cc(Oc3ccc(NC(=O)Nc4cc(C(C)(C)C)cc(NSC)c4OC)c4ccccc34)ccn2)cc(OCCOCCOCCO)c1. The fraction of sp³-hybridized carbons (Fsp3) is 0.317. The second kappa shape index (κ2) is 19.8. The second-order valence-electron chi connectivity index (χ2n) is 13.2. The number of benzene rings is 4. The fourth-order valence-corrected chi connectivity index (χ4v) is 5.95. The van der Waals surface area contributed by atoms with Gasteiger partial charge in [-0.3, -0.25) is 0 Å². The van der Waals surface area contributed by atoms with Gasteiger partial charge < -0.3 is 54.2 Å². The molecule has 0 unspecified atom stereocenters. The molecule has 0 fully saturated rings. The van der Waals surface area contributed by atoms with Crippen LogP contribution >= 0.6 is 11.9 Å². The number of ether oxygens (including phenoxy) is 6. The van der Waals surface area contributed by atoms with Gasteiger partial charge in [-0.25, -0.2) is 9.78 Å². The van der Waals surface area contributed by atoms with Crippen LogP contribution in [0.5, 0.6) is 28.7 Å². The summed E-state index contributed by atoms with van der Waals surface area (Å²) in [6, 6.07) is 23.9. The summed E-state index contributed by atoms with van der Waals surface area (Å²) in [5, 5.41) is 19.7. The standard InChI is InChI=1S/C41H49N5O8S/c1-41(2,3)27-21-35(39(50-5)36(22-27)46-55-6)45-40(48)44-34-11-12-37(33-10-8-7-9-32(33)34)54-29-13-14-42-38(26-29)43-28-23-30(49-4)25-31(24-28)53-20-19-52-18-17-51-16-15-47/h7-14,21-26,46-47H,15-20H2,1-6H3,(H,42,43)(H2,44,45,48). The molecule has 0 radical (unpaired) electrons. The molecule has 0 aliphatic heterocycles. The van der Waals surface area contributed by atoms with Crippen LogP contribution in [0.3, 0.4) is 0 Å². The van der Waals surface area contributed by atoms with E-state index in [1.807, 2.05) is 66.9 Å². The minimum absolute atomic E-state index is 0.0160. The Hall–Kier alpha value is -5.41. The van der Waals surface area contributed by atoms with Gasteiger partial charge in [-0.2, -0.15) is 0 Å². The lowest BCUT2D eigenvalue weighted by Crippen LogP contribution is -2.21. The molecule has 14 heteroatoms. The van der Waals surface area contributed by atoms with Gasteiger partial charge in [0.1, 0.15) is 35.4 Å².